The summed E-state index contributed by atoms with van der Waals surface area (Å²) in [6.45, 7) is 7.59. The predicted molar refractivity (Wildman–Crippen MR) is 80.3 cm³/mol. The van der Waals surface area contributed by atoms with Gasteiger partial charge in [0.15, 0.2) is 5.82 Å². The minimum atomic E-state index is 0.00920. The Bertz CT molecular complexity index is 597. The zero-order valence-corrected chi connectivity index (χ0v) is 12.4. The van der Waals surface area contributed by atoms with Gasteiger partial charge in [0.1, 0.15) is 5.82 Å². The van der Waals surface area contributed by atoms with Crippen molar-refractivity contribution in [3.05, 3.63) is 35.7 Å². The smallest absolute Gasteiger partial charge is 0.164 e. The van der Waals surface area contributed by atoms with Gasteiger partial charge in [0.2, 0.25) is 0 Å². The summed E-state index contributed by atoms with van der Waals surface area (Å²) in [7, 11) is 0. The number of hydrogen-bond donors (Lipinski definition) is 1. The number of nitrogens with zero attached hydrogens (tertiary/aromatic N) is 3. The summed E-state index contributed by atoms with van der Waals surface area (Å²) in [5.74, 6) is 2.98. The van der Waals surface area contributed by atoms with E-state index in [0.717, 1.165) is 30.2 Å². The first-order valence-corrected chi connectivity index (χ1v) is 7.35. The summed E-state index contributed by atoms with van der Waals surface area (Å²) in [6, 6.07) is 8.63. The standard InChI is InChI=1S/C16H22N4/c1-10(2)12-4-6-13(7-5-12)15-18-19-16-14(17)8-11(3)9-20(15)16/h4-7,10-11,14H,8-9,17H2,1-3H3. The molecule has 0 radical (unpaired) electrons. The maximum Gasteiger partial charge on any atom is 0.164 e. The van der Waals surface area contributed by atoms with Crippen molar-refractivity contribution in [2.45, 2.75) is 45.7 Å². The van der Waals surface area contributed by atoms with E-state index >= 15 is 0 Å². The van der Waals surface area contributed by atoms with E-state index in [1.165, 1.54) is 5.56 Å². The van der Waals surface area contributed by atoms with E-state index in [-0.39, 0.29) is 6.04 Å². The molecule has 20 heavy (non-hydrogen) atoms. The van der Waals surface area contributed by atoms with Gasteiger partial charge < -0.3 is 10.3 Å². The lowest BCUT2D eigenvalue weighted by molar-refractivity contribution is 0.348. The van der Waals surface area contributed by atoms with Crippen LogP contribution in [0.4, 0.5) is 0 Å². The predicted octanol–water partition coefficient (Wildman–Crippen LogP) is 3.11. The van der Waals surface area contributed by atoms with Crippen LogP contribution in [0.1, 0.15) is 50.5 Å². The van der Waals surface area contributed by atoms with Crippen molar-refractivity contribution in [1.29, 1.82) is 0 Å². The van der Waals surface area contributed by atoms with Crippen LogP contribution in [0.3, 0.4) is 0 Å². The number of rotatable bonds is 2. The van der Waals surface area contributed by atoms with E-state index in [2.05, 4.69) is 59.8 Å². The molecule has 2 aromatic rings. The Morgan fingerprint density at radius 2 is 1.90 bits per heavy atom. The third kappa shape index (κ3) is 2.24. The van der Waals surface area contributed by atoms with E-state index in [1.54, 1.807) is 0 Å². The molecule has 2 unspecified atom stereocenters. The molecule has 0 bridgehead atoms. The Morgan fingerprint density at radius 1 is 1.20 bits per heavy atom. The van der Waals surface area contributed by atoms with Crippen molar-refractivity contribution < 1.29 is 0 Å². The summed E-state index contributed by atoms with van der Waals surface area (Å²) in [5.41, 5.74) is 8.63. The molecule has 1 aliphatic rings. The molecular weight excluding hydrogens is 248 g/mol. The number of benzene rings is 1. The highest BCUT2D eigenvalue weighted by molar-refractivity contribution is 5.56. The molecule has 2 N–H and O–H groups in total. The van der Waals surface area contributed by atoms with Gasteiger partial charge >= 0.3 is 0 Å². The zero-order chi connectivity index (χ0) is 14.3. The Hall–Kier alpha value is -1.68. The fourth-order valence-corrected chi connectivity index (χ4v) is 2.93. The molecule has 4 heteroatoms. The first kappa shape index (κ1) is 13.3. The summed E-state index contributed by atoms with van der Waals surface area (Å²) >= 11 is 0. The lowest BCUT2D eigenvalue weighted by Crippen LogP contribution is -2.27. The van der Waals surface area contributed by atoms with Crippen LogP contribution in [0, 0.1) is 5.92 Å². The van der Waals surface area contributed by atoms with Gasteiger partial charge in [0.05, 0.1) is 6.04 Å². The average Bonchev–Trinajstić information content (AvgIpc) is 2.82. The molecule has 3 rings (SSSR count). The highest BCUT2D eigenvalue weighted by Gasteiger charge is 2.26. The van der Waals surface area contributed by atoms with Crippen LogP contribution in [0.5, 0.6) is 0 Å². The van der Waals surface area contributed by atoms with E-state index in [0.29, 0.717) is 11.8 Å². The van der Waals surface area contributed by atoms with Gasteiger partial charge in [-0.2, -0.15) is 0 Å². The molecule has 2 atom stereocenters. The molecule has 106 valence electrons. The topological polar surface area (TPSA) is 56.7 Å². The molecule has 0 aliphatic carbocycles. The van der Waals surface area contributed by atoms with Crippen LogP contribution in [-0.2, 0) is 6.54 Å². The van der Waals surface area contributed by atoms with Gasteiger partial charge in [-0.3, -0.25) is 0 Å². The second kappa shape index (κ2) is 5.02. The number of nitrogens with two attached hydrogens (primary N) is 1. The molecule has 0 saturated carbocycles. The highest BCUT2D eigenvalue weighted by Crippen LogP contribution is 2.30. The molecule has 2 heterocycles. The first-order chi connectivity index (χ1) is 9.56. The third-order valence-corrected chi connectivity index (χ3v) is 4.10. The van der Waals surface area contributed by atoms with Gasteiger partial charge in [-0.1, -0.05) is 45.0 Å². The van der Waals surface area contributed by atoms with Gasteiger partial charge in [-0.15, -0.1) is 10.2 Å². The SMILES string of the molecule is CC1CC(N)c2nnc(-c3ccc(C(C)C)cc3)n2C1. The van der Waals surface area contributed by atoms with Gasteiger partial charge in [0, 0.05) is 12.1 Å². The number of aromatic nitrogens is 3. The molecule has 1 aliphatic heterocycles. The minimum absolute atomic E-state index is 0.00920. The molecule has 4 nitrogen and oxygen atoms in total. The molecule has 0 amide bonds. The quantitative estimate of drug-likeness (QED) is 0.912. The van der Waals surface area contributed by atoms with Crippen molar-refractivity contribution in [2.24, 2.45) is 11.7 Å². The molecule has 1 aromatic heterocycles. The molecule has 0 spiro atoms. The van der Waals surface area contributed by atoms with Crippen LogP contribution in [0.25, 0.3) is 11.4 Å². The Kier molecular flexibility index (Phi) is 3.34. The van der Waals surface area contributed by atoms with Crippen LogP contribution in [0.2, 0.25) is 0 Å². The van der Waals surface area contributed by atoms with Crippen molar-refractivity contribution >= 4 is 0 Å². The van der Waals surface area contributed by atoms with E-state index in [4.69, 9.17) is 5.73 Å². The van der Waals surface area contributed by atoms with Crippen molar-refractivity contribution in [1.82, 2.24) is 14.8 Å². The lowest BCUT2D eigenvalue weighted by atomic mass is 9.97. The molecule has 0 fully saturated rings. The largest absolute Gasteiger partial charge is 0.321 e. The minimum Gasteiger partial charge on any atom is -0.321 e. The molecule has 0 saturated heterocycles. The lowest BCUT2D eigenvalue weighted by Gasteiger charge is -2.25. The van der Waals surface area contributed by atoms with E-state index in [9.17, 15) is 0 Å². The average molecular weight is 270 g/mol. The van der Waals surface area contributed by atoms with Crippen molar-refractivity contribution in [2.75, 3.05) is 0 Å². The fourth-order valence-electron chi connectivity index (χ4n) is 2.93. The van der Waals surface area contributed by atoms with Crippen LogP contribution < -0.4 is 5.73 Å². The third-order valence-electron chi connectivity index (χ3n) is 4.10. The summed E-state index contributed by atoms with van der Waals surface area (Å²) < 4.78 is 2.18. The zero-order valence-electron chi connectivity index (χ0n) is 12.4. The van der Waals surface area contributed by atoms with Gasteiger partial charge in [-0.05, 0) is 23.8 Å². The first-order valence-electron chi connectivity index (χ1n) is 7.35. The second-order valence-electron chi connectivity index (χ2n) is 6.22. The van der Waals surface area contributed by atoms with E-state index < -0.39 is 0 Å². The normalized spacial score (nSPS) is 22.1. The summed E-state index contributed by atoms with van der Waals surface area (Å²) in [6.07, 6.45) is 0.990. The van der Waals surface area contributed by atoms with Crippen molar-refractivity contribution in [3.63, 3.8) is 0 Å². The van der Waals surface area contributed by atoms with Crippen LogP contribution in [-0.4, -0.2) is 14.8 Å². The molecular formula is C16H22N4. The Morgan fingerprint density at radius 3 is 2.55 bits per heavy atom. The monoisotopic (exact) mass is 270 g/mol. The maximum absolute atomic E-state index is 6.17. The Labute approximate surface area is 120 Å². The van der Waals surface area contributed by atoms with Gasteiger partial charge in [0.25, 0.3) is 0 Å². The van der Waals surface area contributed by atoms with E-state index in [1.807, 2.05) is 0 Å². The maximum atomic E-state index is 6.17. The number of hydrogen-bond acceptors (Lipinski definition) is 3. The highest BCUT2D eigenvalue weighted by atomic mass is 15.3. The summed E-state index contributed by atoms with van der Waals surface area (Å²) in [4.78, 5) is 0. The molecule has 1 aromatic carbocycles. The van der Waals surface area contributed by atoms with Crippen LogP contribution >= 0.6 is 0 Å². The van der Waals surface area contributed by atoms with Crippen LogP contribution in [0.15, 0.2) is 24.3 Å². The summed E-state index contributed by atoms with van der Waals surface area (Å²) in [5, 5.41) is 8.65. The Balaban J connectivity index is 1.99. The van der Waals surface area contributed by atoms with Crippen molar-refractivity contribution in [3.8, 4) is 11.4 Å². The van der Waals surface area contributed by atoms with Gasteiger partial charge in [-0.25, -0.2) is 0 Å². The fraction of sp³-hybridized carbons (Fsp3) is 0.500. The number of fused-ring (bicyclic) bond motifs is 1. The second-order valence-corrected chi connectivity index (χ2v) is 6.22.